The van der Waals surface area contributed by atoms with Crippen LogP contribution in [0, 0.1) is 0 Å². The Bertz CT molecular complexity index is 901. The number of hydrogen-bond donors (Lipinski definition) is 0. The zero-order chi connectivity index (χ0) is 16.9. The van der Waals surface area contributed by atoms with Crippen molar-refractivity contribution >= 4 is 17.1 Å². The van der Waals surface area contributed by atoms with Crippen LogP contribution in [0.1, 0.15) is 19.8 Å². The Balaban J connectivity index is 1.87. The highest BCUT2D eigenvalue weighted by Gasteiger charge is 2.15. The van der Waals surface area contributed by atoms with Crippen molar-refractivity contribution < 1.29 is 9.53 Å². The van der Waals surface area contributed by atoms with Crippen molar-refractivity contribution in [3.05, 3.63) is 47.0 Å². The lowest BCUT2D eigenvalue weighted by Gasteiger charge is -2.06. The Morgan fingerprint density at radius 3 is 2.79 bits per heavy atom. The molecule has 0 aliphatic rings. The van der Waals surface area contributed by atoms with Gasteiger partial charge in [-0.15, -0.1) is 5.10 Å². The van der Waals surface area contributed by atoms with Gasteiger partial charge in [0, 0.05) is 0 Å². The number of nitrogens with zero attached hydrogens (tertiary/aromatic N) is 5. The van der Waals surface area contributed by atoms with Crippen molar-refractivity contribution in [1.29, 1.82) is 0 Å². The number of carbonyl (C=O) groups is 1. The number of fused-ring (bicyclic) bond motifs is 1. The van der Waals surface area contributed by atoms with Crippen molar-refractivity contribution in [2.24, 2.45) is 0 Å². The smallest absolute Gasteiger partial charge is 0.326 e. The molecule has 0 unspecified atom stereocenters. The van der Waals surface area contributed by atoms with E-state index < -0.39 is 11.5 Å². The lowest BCUT2D eigenvalue weighted by Crippen LogP contribution is -2.26. The van der Waals surface area contributed by atoms with E-state index in [9.17, 15) is 9.59 Å². The van der Waals surface area contributed by atoms with Crippen LogP contribution < -0.4 is 5.56 Å². The first-order chi connectivity index (χ1) is 11.7. The summed E-state index contributed by atoms with van der Waals surface area (Å²) >= 11 is 0. The van der Waals surface area contributed by atoms with Gasteiger partial charge in [-0.1, -0.05) is 36.8 Å². The molecule has 1 aromatic carbocycles. The second-order valence-electron chi connectivity index (χ2n) is 5.26. The summed E-state index contributed by atoms with van der Waals surface area (Å²) in [7, 11) is 0. The maximum atomic E-state index is 12.4. The van der Waals surface area contributed by atoms with E-state index in [-0.39, 0.29) is 12.1 Å². The third-order valence-corrected chi connectivity index (χ3v) is 3.49. The molecule has 0 saturated heterocycles. The highest BCUT2D eigenvalue weighted by molar-refractivity contribution is 5.72. The summed E-state index contributed by atoms with van der Waals surface area (Å²) in [5, 5.41) is 7.88. The van der Waals surface area contributed by atoms with Crippen molar-refractivity contribution in [3.63, 3.8) is 0 Å². The van der Waals surface area contributed by atoms with Gasteiger partial charge in [0.05, 0.1) is 12.3 Å². The standard InChI is InChI=1S/C16H17N5O3/c1-2-3-9-24-13(22)10-20-11-17-15-14(16(20)23)18-19-21(15)12-7-5-4-6-8-12/h4-8,11H,2-3,9-10H2,1H3. The van der Waals surface area contributed by atoms with E-state index in [1.54, 1.807) is 0 Å². The van der Waals surface area contributed by atoms with E-state index in [4.69, 9.17) is 4.74 Å². The molecule has 0 saturated carbocycles. The van der Waals surface area contributed by atoms with E-state index in [0.29, 0.717) is 12.3 Å². The molecule has 0 aliphatic heterocycles. The molecule has 24 heavy (non-hydrogen) atoms. The van der Waals surface area contributed by atoms with Crippen molar-refractivity contribution in [2.75, 3.05) is 6.61 Å². The summed E-state index contributed by atoms with van der Waals surface area (Å²) in [5.74, 6) is -0.470. The van der Waals surface area contributed by atoms with Gasteiger partial charge in [-0.05, 0) is 18.6 Å². The van der Waals surface area contributed by atoms with E-state index in [1.165, 1.54) is 15.6 Å². The van der Waals surface area contributed by atoms with E-state index in [0.717, 1.165) is 18.5 Å². The van der Waals surface area contributed by atoms with Gasteiger partial charge >= 0.3 is 5.97 Å². The number of unbranched alkanes of at least 4 members (excludes halogenated alkanes) is 1. The summed E-state index contributed by atoms with van der Waals surface area (Å²) in [5.41, 5.74) is 0.794. The molecule has 8 nitrogen and oxygen atoms in total. The van der Waals surface area contributed by atoms with Crippen LogP contribution in [0.4, 0.5) is 0 Å². The lowest BCUT2D eigenvalue weighted by molar-refractivity contribution is -0.144. The van der Waals surface area contributed by atoms with Crippen LogP contribution >= 0.6 is 0 Å². The van der Waals surface area contributed by atoms with Gasteiger partial charge in [-0.2, -0.15) is 4.68 Å². The van der Waals surface area contributed by atoms with E-state index >= 15 is 0 Å². The third kappa shape index (κ3) is 3.17. The number of rotatable bonds is 6. The fourth-order valence-electron chi connectivity index (χ4n) is 2.21. The summed E-state index contributed by atoms with van der Waals surface area (Å²) in [4.78, 5) is 28.4. The first kappa shape index (κ1) is 15.9. The molecule has 0 atom stereocenters. The van der Waals surface area contributed by atoms with Crippen LogP contribution in [-0.4, -0.2) is 37.1 Å². The monoisotopic (exact) mass is 327 g/mol. The zero-order valence-electron chi connectivity index (χ0n) is 13.3. The molecular weight excluding hydrogens is 310 g/mol. The van der Waals surface area contributed by atoms with Crippen molar-refractivity contribution in [1.82, 2.24) is 24.5 Å². The number of benzene rings is 1. The van der Waals surface area contributed by atoms with Crippen LogP contribution in [-0.2, 0) is 16.1 Å². The Kier molecular flexibility index (Phi) is 4.64. The second kappa shape index (κ2) is 7.03. The minimum absolute atomic E-state index is 0.114. The quantitative estimate of drug-likeness (QED) is 0.501. The summed E-state index contributed by atoms with van der Waals surface area (Å²) < 4.78 is 7.73. The average molecular weight is 327 g/mol. The predicted octanol–water partition coefficient (Wildman–Crippen LogP) is 1.32. The average Bonchev–Trinajstić information content (AvgIpc) is 3.03. The fraction of sp³-hybridized carbons (Fsp3) is 0.312. The summed E-state index contributed by atoms with van der Waals surface area (Å²) in [6.07, 6.45) is 3.04. The molecule has 0 radical (unpaired) electrons. The predicted molar refractivity (Wildman–Crippen MR) is 86.8 cm³/mol. The largest absolute Gasteiger partial charge is 0.464 e. The number of hydrogen-bond acceptors (Lipinski definition) is 6. The van der Waals surface area contributed by atoms with Gasteiger partial charge in [-0.25, -0.2) is 4.98 Å². The summed E-state index contributed by atoms with van der Waals surface area (Å²) in [6, 6.07) is 9.28. The first-order valence-corrected chi connectivity index (χ1v) is 7.72. The Morgan fingerprint density at radius 2 is 2.04 bits per heavy atom. The maximum absolute atomic E-state index is 12.4. The molecule has 0 aliphatic carbocycles. The van der Waals surface area contributed by atoms with Crippen LogP contribution in [0.25, 0.3) is 16.9 Å². The molecule has 0 spiro atoms. The van der Waals surface area contributed by atoms with Crippen LogP contribution in [0.3, 0.4) is 0 Å². The highest BCUT2D eigenvalue weighted by Crippen LogP contribution is 2.10. The fourth-order valence-corrected chi connectivity index (χ4v) is 2.21. The molecule has 0 N–H and O–H groups in total. The minimum atomic E-state index is -0.470. The molecular formula is C16H17N5O3. The van der Waals surface area contributed by atoms with Gasteiger partial charge < -0.3 is 4.74 Å². The second-order valence-corrected chi connectivity index (χ2v) is 5.26. The number of para-hydroxylation sites is 1. The highest BCUT2D eigenvalue weighted by atomic mass is 16.5. The van der Waals surface area contributed by atoms with E-state index in [1.807, 2.05) is 37.3 Å². The molecule has 0 amide bonds. The number of esters is 1. The Labute approximate surface area is 137 Å². The summed E-state index contributed by atoms with van der Waals surface area (Å²) in [6.45, 7) is 2.17. The number of aromatic nitrogens is 5. The molecule has 3 aromatic rings. The normalized spacial score (nSPS) is 10.9. The molecule has 3 rings (SSSR count). The third-order valence-electron chi connectivity index (χ3n) is 3.49. The topological polar surface area (TPSA) is 91.9 Å². The van der Waals surface area contributed by atoms with Gasteiger partial charge in [0.2, 0.25) is 0 Å². The molecule has 124 valence electrons. The minimum Gasteiger partial charge on any atom is -0.464 e. The maximum Gasteiger partial charge on any atom is 0.326 e. The van der Waals surface area contributed by atoms with E-state index in [2.05, 4.69) is 15.3 Å². The molecule has 2 aromatic heterocycles. The zero-order valence-corrected chi connectivity index (χ0v) is 13.3. The van der Waals surface area contributed by atoms with Gasteiger partial charge in [0.15, 0.2) is 11.2 Å². The van der Waals surface area contributed by atoms with Crippen LogP contribution in [0.5, 0.6) is 0 Å². The molecule has 0 fully saturated rings. The van der Waals surface area contributed by atoms with Crippen molar-refractivity contribution in [3.8, 4) is 5.69 Å². The van der Waals surface area contributed by atoms with Gasteiger partial charge in [-0.3, -0.25) is 14.2 Å². The first-order valence-electron chi connectivity index (χ1n) is 7.72. The lowest BCUT2D eigenvalue weighted by atomic mass is 10.3. The molecule has 2 heterocycles. The van der Waals surface area contributed by atoms with Crippen molar-refractivity contribution in [2.45, 2.75) is 26.3 Å². The molecule has 0 bridgehead atoms. The van der Waals surface area contributed by atoms with Gasteiger partial charge in [0.1, 0.15) is 12.9 Å². The molecule has 8 heteroatoms. The van der Waals surface area contributed by atoms with Gasteiger partial charge in [0.25, 0.3) is 5.56 Å². The SMILES string of the molecule is CCCCOC(=O)Cn1cnc2c(nnn2-c2ccccc2)c1=O. The Hall–Kier alpha value is -3.03. The number of carbonyl (C=O) groups excluding carboxylic acids is 1. The van der Waals surface area contributed by atoms with Crippen LogP contribution in [0.15, 0.2) is 41.5 Å². The van der Waals surface area contributed by atoms with Crippen LogP contribution in [0.2, 0.25) is 0 Å². The number of ether oxygens (including phenoxy) is 1. The Morgan fingerprint density at radius 1 is 1.25 bits per heavy atom.